The Morgan fingerprint density at radius 2 is 2.00 bits per heavy atom. The first-order valence-corrected chi connectivity index (χ1v) is 3.74. The van der Waals surface area contributed by atoms with Gasteiger partial charge in [-0.15, -0.1) is 0 Å². The quantitative estimate of drug-likeness (QED) is 0.663. The summed E-state index contributed by atoms with van der Waals surface area (Å²) in [6.45, 7) is 3.36. The highest BCUT2D eigenvalue weighted by Crippen LogP contribution is 2.03. The topological polar surface area (TPSA) is 64.6 Å². The fourth-order valence-corrected chi connectivity index (χ4v) is 0.781. The average molecular weight is 192 g/mol. The van der Waals surface area contributed by atoms with Crippen molar-refractivity contribution in [3.8, 4) is 0 Å². The summed E-state index contributed by atoms with van der Waals surface area (Å²) >= 11 is 0. The molecular formula is C8H15NO4. The number of nitrogens with one attached hydrogen (secondary N) is 1. The Hall–Kier alpha value is -1.26. The Balaban J connectivity index is 4.42. The number of carbonyl (C=O) groups is 2. The van der Waals surface area contributed by atoms with Gasteiger partial charge in [0.25, 0.3) is 0 Å². The third-order valence-corrected chi connectivity index (χ3v) is 1.49. The van der Waals surface area contributed by atoms with Crippen molar-refractivity contribution in [2.75, 3.05) is 14.1 Å². The highest BCUT2D eigenvalue weighted by molar-refractivity contribution is 5.81. The lowest BCUT2D eigenvalue weighted by Gasteiger charge is -2.18. The van der Waals surface area contributed by atoms with Crippen LogP contribution in [-0.2, 0) is 14.3 Å². The van der Waals surface area contributed by atoms with Gasteiger partial charge in [0.1, 0.15) is 6.04 Å². The lowest BCUT2D eigenvalue weighted by Crippen LogP contribution is -2.44. The molecule has 76 valence electrons. The number of methoxy groups -OCH3 is 2. The Morgan fingerprint density at radius 3 is 2.38 bits per heavy atom. The van der Waals surface area contributed by atoms with Gasteiger partial charge in [0.2, 0.25) is 0 Å². The van der Waals surface area contributed by atoms with Crippen molar-refractivity contribution < 1.29 is 23.2 Å². The van der Waals surface area contributed by atoms with Crippen LogP contribution in [0.25, 0.3) is 0 Å². The summed E-state index contributed by atoms with van der Waals surface area (Å²) in [6, 6.07) is -0.931. The first-order valence-electron chi connectivity index (χ1n) is 5.24. The van der Waals surface area contributed by atoms with Gasteiger partial charge < -0.3 is 14.8 Å². The molecule has 0 unspecified atom stereocenters. The molecule has 0 aliphatic heterocycles. The maximum Gasteiger partial charge on any atom is 0.407 e. The van der Waals surface area contributed by atoms with Crippen LogP contribution in [0.1, 0.15) is 18.0 Å². The van der Waals surface area contributed by atoms with Gasteiger partial charge in [0.15, 0.2) is 0 Å². The molecule has 0 aromatic heterocycles. The van der Waals surface area contributed by atoms with Gasteiger partial charge in [-0.05, 0) is 5.92 Å². The maximum absolute atomic E-state index is 11.2. The van der Waals surface area contributed by atoms with E-state index in [1.807, 2.05) is 0 Å². The molecule has 1 N–H and O–H groups in total. The molecule has 13 heavy (non-hydrogen) atoms. The molecule has 0 aliphatic carbocycles. The lowest BCUT2D eigenvalue weighted by molar-refractivity contribution is -0.144. The number of hydrogen-bond donors (Lipinski definition) is 1. The summed E-state index contributed by atoms with van der Waals surface area (Å²) in [5.74, 6) is -0.894. The first-order chi connectivity index (χ1) is 7.17. The largest absolute Gasteiger partial charge is 0.467 e. The molecule has 0 fully saturated rings. The molecule has 0 bridgehead atoms. The van der Waals surface area contributed by atoms with Crippen molar-refractivity contribution in [3.63, 3.8) is 0 Å². The zero-order chi connectivity index (χ0) is 12.9. The average Bonchev–Trinajstić information content (AvgIpc) is 2.09. The van der Waals surface area contributed by atoms with Crippen molar-refractivity contribution in [3.05, 3.63) is 0 Å². The molecular weight excluding hydrogens is 174 g/mol. The Bertz CT molecular complexity index is 264. The zero-order valence-electron chi connectivity index (χ0n) is 10.8. The molecule has 0 spiro atoms. The van der Waals surface area contributed by atoms with Crippen LogP contribution < -0.4 is 5.32 Å². The zero-order valence-corrected chi connectivity index (χ0v) is 7.79. The summed E-state index contributed by atoms with van der Waals surface area (Å²) in [5.41, 5.74) is 0. The fraction of sp³-hybridized carbons (Fsp3) is 0.750. The fourth-order valence-electron chi connectivity index (χ4n) is 0.781. The van der Waals surface area contributed by atoms with Crippen molar-refractivity contribution in [2.45, 2.75) is 19.9 Å². The monoisotopic (exact) mass is 192 g/mol. The number of ether oxygens (including phenoxy) is 2. The number of alkyl carbamates (subject to hydrolysis) is 1. The summed E-state index contributed by atoms with van der Waals surface area (Å²) in [5, 5.41) is 2.13. The van der Waals surface area contributed by atoms with Crippen molar-refractivity contribution in [1.29, 1.82) is 0 Å². The molecule has 0 aromatic rings. The minimum Gasteiger partial charge on any atom is -0.467 e. The van der Waals surface area contributed by atoms with Crippen LogP contribution in [0.2, 0.25) is 0 Å². The van der Waals surface area contributed by atoms with Crippen LogP contribution in [0.4, 0.5) is 4.79 Å². The van der Waals surface area contributed by atoms with Crippen LogP contribution in [0.5, 0.6) is 0 Å². The molecule has 0 radical (unpaired) electrons. The van der Waals surface area contributed by atoms with E-state index >= 15 is 0 Å². The Morgan fingerprint density at radius 1 is 1.38 bits per heavy atom. The molecule has 0 aromatic carbocycles. The van der Waals surface area contributed by atoms with Gasteiger partial charge in [-0.3, -0.25) is 0 Å². The highest BCUT2D eigenvalue weighted by atomic mass is 16.5. The van der Waals surface area contributed by atoms with Gasteiger partial charge in [0, 0.05) is 0 Å². The molecule has 5 nitrogen and oxygen atoms in total. The number of hydrogen-bond acceptors (Lipinski definition) is 4. The van der Waals surface area contributed by atoms with E-state index in [0.29, 0.717) is 0 Å². The van der Waals surface area contributed by atoms with E-state index in [9.17, 15) is 9.59 Å². The first kappa shape index (κ1) is 7.17. The smallest absolute Gasteiger partial charge is 0.407 e. The molecule has 0 aliphatic rings. The lowest BCUT2D eigenvalue weighted by atomic mass is 10.1. The summed E-state index contributed by atoms with van der Waals surface area (Å²) in [4.78, 5) is 22.3. The highest BCUT2D eigenvalue weighted by Gasteiger charge is 2.24. The van der Waals surface area contributed by atoms with Crippen molar-refractivity contribution in [1.82, 2.24) is 5.32 Å². The Labute approximate surface area is 81.6 Å². The van der Waals surface area contributed by atoms with Crippen molar-refractivity contribution >= 4 is 12.1 Å². The minimum atomic E-state index is -2.83. The molecule has 0 saturated carbocycles. The van der Waals surface area contributed by atoms with Gasteiger partial charge in [-0.2, -0.15) is 0 Å². The van der Waals surface area contributed by atoms with Gasteiger partial charge in [-0.25, -0.2) is 9.59 Å². The second-order valence-corrected chi connectivity index (χ2v) is 2.78. The van der Waals surface area contributed by atoms with E-state index < -0.39 is 25.1 Å². The van der Waals surface area contributed by atoms with Crippen molar-refractivity contribution in [2.24, 2.45) is 5.92 Å². The second kappa shape index (κ2) is 5.40. The van der Waals surface area contributed by atoms with E-state index in [0.717, 1.165) is 0 Å². The molecule has 1 amide bonds. The maximum atomic E-state index is 11.2. The predicted molar refractivity (Wildman–Crippen MR) is 46.2 cm³/mol. The number of esters is 1. The number of amides is 1. The van der Waals surface area contributed by atoms with E-state index in [2.05, 4.69) is 14.8 Å². The molecule has 0 saturated heterocycles. The summed E-state index contributed by atoms with van der Waals surface area (Å²) in [7, 11) is -1.66. The SMILES string of the molecule is [2H]C([2H])([2H])OC(=O)N[C@H](C(=O)OC)C(C)C. The van der Waals surface area contributed by atoms with Gasteiger partial charge in [0.05, 0.1) is 18.3 Å². The van der Waals surface area contributed by atoms with E-state index in [1.165, 1.54) is 7.11 Å². The predicted octanol–water partition coefficient (Wildman–Crippen LogP) is 0.540. The normalized spacial score (nSPS) is 16.5. The minimum absolute atomic E-state index is 0.239. The molecule has 0 rings (SSSR count). The van der Waals surface area contributed by atoms with E-state index in [-0.39, 0.29) is 5.92 Å². The van der Waals surface area contributed by atoms with E-state index in [1.54, 1.807) is 13.8 Å². The van der Waals surface area contributed by atoms with Crippen LogP contribution in [0.3, 0.4) is 0 Å². The van der Waals surface area contributed by atoms with Crippen LogP contribution in [0.15, 0.2) is 0 Å². The second-order valence-electron chi connectivity index (χ2n) is 2.78. The summed E-state index contributed by atoms with van der Waals surface area (Å²) in [6.07, 6.45) is -1.18. The number of rotatable bonds is 3. The Kier molecular flexibility index (Phi) is 2.98. The van der Waals surface area contributed by atoms with Crippen LogP contribution in [0, 0.1) is 5.92 Å². The molecule has 0 heterocycles. The van der Waals surface area contributed by atoms with E-state index in [4.69, 9.17) is 4.11 Å². The third-order valence-electron chi connectivity index (χ3n) is 1.49. The molecule has 5 heteroatoms. The summed E-state index contributed by atoms with van der Waals surface area (Å²) < 4.78 is 28.6. The van der Waals surface area contributed by atoms with Crippen LogP contribution >= 0.6 is 0 Å². The van der Waals surface area contributed by atoms with Crippen LogP contribution in [-0.4, -0.2) is 32.3 Å². The number of carbonyl (C=O) groups excluding carboxylic acids is 2. The van der Waals surface area contributed by atoms with Gasteiger partial charge in [-0.1, -0.05) is 13.8 Å². The standard InChI is InChI=1S/C8H15NO4/c1-5(2)6(7(10)12-3)9-8(11)13-4/h5-6H,1-4H3,(H,9,11)/t6-/m0/s1/i4D3. The third kappa shape index (κ3) is 3.78. The molecule has 1 atom stereocenters. The van der Waals surface area contributed by atoms with Gasteiger partial charge >= 0.3 is 12.1 Å².